The number of nitriles is 1. The van der Waals surface area contributed by atoms with E-state index in [1.54, 1.807) is 7.05 Å². The van der Waals surface area contributed by atoms with Crippen LogP contribution in [-0.2, 0) is 0 Å². The molecule has 1 amide bonds. The highest BCUT2D eigenvalue weighted by atomic mass is 16.2. The van der Waals surface area contributed by atoms with E-state index in [0.717, 1.165) is 0 Å². The number of amides is 1. The van der Waals surface area contributed by atoms with Gasteiger partial charge in [0.05, 0.1) is 18.1 Å². The van der Waals surface area contributed by atoms with E-state index >= 15 is 0 Å². The minimum absolute atomic E-state index is 0.109. The average molecular weight is 204 g/mol. The van der Waals surface area contributed by atoms with E-state index in [2.05, 4.69) is 9.97 Å². The van der Waals surface area contributed by atoms with E-state index in [1.807, 2.05) is 13.0 Å². The molecule has 1 aromatic rings. The molecule has 5 nitrogen and oxygen atoms in total. The summed E-state index contributed by atoms with van der Waals surface area (Å²) in [4.78, 5) is 20.9. The lowest BCUT2D eigenvalue weighted by Crippen LogP contribution is -2.34. The monoisotopic (exact) mass is 204 g/mol. The van der Waals surface area contributed by atoms with Crippen molar-refractivity contribution in [2.24, 2.45) is 0 Å². The molecule has 1 heterocycles. The van der Waals surface area contributed by atoms with E-state index < -0.39 is 0 Å². The third-order valence-electron chi connectivity index (χ3n) is 2.18. The lowest BCUT2D eigenvalue weighted by Gasteiger charge is -2.22. The normalized spacial score (nSPS) is 11.5. The van der Waals surface area contributed by atoms with Crippen LogP contribution in [-0.4, -0.2) is 33.9 Å². The summed E-state index contributed by atoms with van der Waals surface area (Å²) in [5.74, 6) is -0.168. The molecule has 5 heteroatoms. The molecule has 0 radical (unpaired) electrons. The summed E-state index contributed by atoms with van der Waals surface area (Å²) in [5.41, 5.74) is 0.435. The molecule has 1 unspecified atom stereocenters. The molecule has 15 heavy (non-hydrogen) atoms. The number of rotatable bonds is 3. The van der Waals surface area contributed by atoms with Crippen molar-refractivity contribution in [3.63, 3.8) is 0 Å². The van der Waals surface area contributed by atoms with Crippen LogP contribution in [0, 0.1) is 11.3 Å². The zero-order valence-corrected chi connectivity index (χ0v) is 8.71. The second kappa shape index (κ2) is 5.05. The quantitative estimate of drug-likeness (QED) is 0.731. The van der Waals surface area contributed by atoms with Gasteiger partial charge < -0.3 is 4.90 Å². The van der Waals surface area contributed by atoms with Crippen molar-refractivity contribution in [2.75, 3.05) is 7.05 Å². The van der Waals surface area contributed by atoms with Crippen molar-refractivity contribution < 1.29 is 4.79 Å². The molecule has 0 aliphatic rings. The van der Waals surface area contributed by atoms with Crippen molar-refractivity contribution in [3.05, 3.63) is 24.3 Å². The standard InChI is InChI=1S/C10H12N4O/c1-8(3-4-11)14(2)10(15)9-5-12-7-13-6-9/h5-8H,3H2,1-2H3. The number of carbonyl (C=O) groups is 1. The second-order valence-corrected chi connectivity index (χ2v) is 3.25. The molecule has 0 N–H and O–H groups in total. The van der Waals surface area contributed by atoms with E-state index in [0.29, 0.717) is 12.0 Å². The lowest BCUT2D eigenvalue weighted by molar-refractivity contribution is 0.0745. The van der Waals surface area contributed by atoms with E-state index in [1.165, 1.54) is 23.6 Å². The van der Waals surface area contributed by atoms with Crippen LogP contribution in [0.4, 0.5) is 0 Å². The van der Waals surface area contributed by atoms with Crippen LogP contribution in [0.25, 0.3) is 0 Å². The summed E-state index contributed by atoms with van der Waals surface area (Å²) in [7, 11) is 1.66. The predicted octanol–water partition coefficient (Wildman–Crippen LogP) is 0.851. The van der Waals surface area contributed by atoms with Crippen molar-refractivity contribution in [2.45, 2.75) is 19.4 Å². The molecule has 0 aromatic carbocycles. The SMILES string of the molecule is CC(CC#N)N(C)C(=O)c1cncnc1. The Morgan fingerprint density at radius 3 is 2.73 bits per heavy atom. The Hall–Kier alpha value is -1.96. The van der Waals surface area contributed by atoms with Gasteiger partial charge in [0, 0.05) is 25.5 Å². The molecule has 0 spiro atoms. The number of carbonyl (C=O) groups excluding carboxylic acids is 1. The van der Waals surface area contributed by atoms with Gasteiger partial charge in [-0.3, -0.25) is 4.79 Å². The molecule has 0 aliphatic carbocycles. The third kappa shape index (κ3) is 2.74. The van der Waals surface area contributed by atoms with Crippen LogP contribution in [0.3, 0.4) is 0 Å². The first kappa shape index (κ1) is 11.1. The zero-order chi connectivity index (χ0) is 11.3. The summed E-state index contributed by atoms with van der Waals surface area (Å²) in [5, 5.41) is 8.53. The maximum absolute atomic E-state index is 11.8. The molecule has 1 aromatic heterocycles. The highest BCUT2D eigenvalue weighted by Gasteiger charge is 2.17. The van der Waals surface area contributed by atoms with Gasteiger partial charge in [-0.15, -0.1) is 0 Å². The first-order valence-corrected chi connectivity index (χ1v) is 4.56. The van der Waals surface area contributed by atoms with Gasteiger partial charge in [0.2, 0.25) is 0 Å². The molecule has 0 saturated carbocycles. The van der Waals surface area contributed by atoms with Gasteiger partial charge in [-0.2, -0.15) is 5.26 Å². The van der Waals surface area contributed by atoms with Crippen LogP contribution < -0.4 is 0 Å². The largest absolute Gasteiger partial charge is 0.338 e. The van der Waals surface area contributed by atoms with Gasteiger partial charge in [0.15, 0.2) is 0 Å². The van der Waals surface area contributed by atoms with Crippen LogP contribution in [0.1, 0.15) is 23.7 Å². The lowest BCUT2D eigenvalue weighted by atomic mass is 10.2. The fourth-order valence-electron chi connectivity index (χ4n) is 1.08. The molecule has 0 bridgehead atoms. The first-order valence-electron chi connectivity index (χ1n) is 4.56. The van der Waals surface area contributed by atoms with Crippen molar-refractivity contribution in [1.82, 2.24) is 14.9 Å². The second-order valence-electron chi connectivity index (χ2n) is 3.25. The Kier molecular flexibility index (Phi) is 3.75. The molecule has 0 fully saturated rings. The summed E-state index contributed by atoms with van der Waals surface area (Å²) < 4.78 is 0. The molecule has 1 atom stereocenters. The van der Waals surface area contributed by atoms with E-state index in [9.17, 15) is 4.79 Å². The molecule has 1 rings (SSSR count). The maximum Gasteiger partial charge on any atom is 0.257 e. The van der Waals surface area contributed by atoms with Gasteiger partial charge in [-0.1, -0.05) is 0 Å². The van der Waals surface area contributed by atoms with Gasteiger partial charge in [-0.25, -0.2) is 9.97 Å². The fraction of sp³-hybridized carbons (Fsp3) is 0.400. The van der Waals surface area contributed by atoms with Crippen LogP contribution in [0.15, 0.2) is 18.7 Å². The summed E-state index contributed by atoms with van der Waals surface area (Å²) in [6.07, 6.45) is 4.61. The van der Waals surface area contributed by atoms with E-state index in [-0.39, 0.29) is 11.9 Å². The number of hydrogen-bond donors (Lipinski definition) is 0. The number of nitrogens with zero attached hydrogens (tertiary/aromatic N) is 4. The Balaban J connectivity index is 2.74. The average Bonchev–Trinajstić information content (AvgIpc) is 2.28. The summed E-state index contributed by atoms with van der Waals surface area (Å²) >= 11 is 0. The van der Waals surface area contributed by atoms with Crippen molar-refractivity contribution >= 4 is 5.91 Å². The van der Waals surface area contributed by atoms with Gasteiger partial charge in [0.1, 0.15) is 6.33 Å². The maximum atomic E-state index is 11.8. The Bertz CT molecular complexity index is 371. The van der Waals surface area contributed by atoms with Crippen molar-refractivity contribution in [1.29, 1.82) is 5.26 Å². The highest BCUT2D eigenvalue weighted by Crippen LogP contribution is 2.06. The Morgan fingerprint density at radius 1 is 1.60 bits per heavy atom. The molecule has 0 aliphatic heterocycles. The van der Waals surface area contributed by atoms with Crippen LogP contribution in [0.5, 0.6) is 0 Å². The van der Waals surface area contributed by atoms with Crippen LogP contribution in [0.2, 0.25) is 0 Å². The molecular formula is C10H12N4O. The van der Waals surface area contributed by atoms with Crippen molar-refractivity contribution in [3.8, 4) is 6.07 Å². The molecular weight excluding hydrogens is 192 g/mol. The van der Waals surface area contributed by atoms with Gasteiger partial charge >= 0.3 is 0 Å². The summed E-state index contributed by atoms with van der Waals surface area (Å²) in [6, 6.07) is 1.92. The highest BCUT2D eigenvalue weighted by molar-refractivity contribution is 5.93. The summed E-state index contributed by atoms with van der Waals surface area (Å²) in [6.45, 7) is 1.82. The fourth-order valence-corrected chi connectivity index (χ4v) is 1.08. The number of hydrogen-bond acceptors (Lipinski definition) is 4. The minimum atomic E-state index is -0.168. The third-order valence-corrected chi connectivity index (χ3v) is 2.18. The Labute approximate surface area is 88.4 Å². The zero-order valence-electron chi connectivity index (χ0n) is 8.71. The predicted molar refractivity (Wildman–Crippen MR) is 53.8 cm³/mol. The smallest absolute Gasteiger partial charge is 0.257 e. The van der Waals surface area contributed by atoms with Crippen LogP contribution >= 0.6 is 0 Å². The van der Waals surface area contributed by atoms with Gasteiger partial charge in [0.25, 0.3) is 5.91 Å². The topological polar surface area (TPSA) is 69.9 Å². The molecule has 78 valence electrons. The number of aromatic nitrogens is 2. The molecule has 0 saturated heterocycles. The van der Waals surface area contributed by atoms with Gasteiger partial charge in [-0.05, 0) is 6.92 Å². The first-order chi connectivity index (χ1) is 7.16. The minimum Gasteiger partial charge on any atom is -0.338 e. The Morgan fingerprint density at radius 2 is 2.20 bits per heavy atom. The van der Waals surface area contributed by atoms with E-state index in [4.69, 9.17) is 5.26 Å².